The van der Waals surface area contributed by atoms with Gasteiger partial charge in [0.2, 0.25) is 0 Å². The van der Waals surface area contributed by atoms with Crippen LogP contribution in [0.1, 0.15) is 29.8 Å². The summed E-state index contributed by atoms with van der Waals surface area (Å²) in [4.78, 5) is 13.2. The van der Waals surface area contributed by atoms with Crippen LogP contribution in [0.2, 0.25) is 0 Å². The number of aromatic carboxylic acids is 1. The molecule has 0 fully saturated rings. The molecule has 1 rings (SSSR count). The molecule has 0 unspecified atom stereocenters. The van der Waals surface area contributed by atoms with E-state index in [0.29, 0.717) is 32.0 Å². The van der Waals surface area contributed by atoms with Crippen LogP contribution in [0.3, 0.4) is 0 Å². The summed E-state index contributed by atoms with van der Waals surface area (Å²) >= 11 is 0. The molecule has 1 aromatic carbocycles. The standard InChI is InChI=1S/C20H29NO5/c1-3-21(4-2)10-12-25-14-16-26-15-13-24-11-6-8-18-7-5-9-19(17-18)20(22)23/h5,7,9,17H,3-4,10-16H2,1-2H3,(H,22,23). The molecule has 0 aliphatic rings. The molecule has 0 saturated heterocycles. The molecule has 1 N–H and O–H groups in total. The summed E-state index contributed by atoms with van der Waals surface area (Å²) in [5, 5.41) is 8.92. The van der Waals surface area contributed by atoms with Gasteiger partial charge in [0.05, 0.1) is 38.6 Å². The predicted octanol–water partition coefficient (Wildman–Crippen LogP) is 2.13. The number of likely N-dealkylation sites (N-methyl/N-ethyl adjacent to an activating group) is 1. The van der Waals surface area contributed by atoms with E-state index in [4.69, 9.17) is 19.3 Å². The van der Waals surface area contributed by atoms with Crippen molar-refractivity contribution in [2.45, 2.75) is 13.8 Å². The molecule has 6 heteroatoms. The zero-order chi connectivity index (χ0) is 19.0. The Morgan fingerprint density at radius 3 is 2.35 bits per heavy atom. The topological polar surface area (TPSA) is 68.2 Å². The first-order chi connectivity index (χ1) is 12.7. The van der Waals surface area contributed by atoms with Crippen molar-refractivity contribution in [3.8, 4) is 11.8 Å². The first-order valence-electron chi connectivity index (χ1n) is 8.95. The van der Waals surface area contributed by atoms with E-state index in [1.807, 2.05) is 0 Å². The summed E-state index contributed by atoms with van der Waals surface area (Å²) in [6.45, 7) is 10.4. The Morgan fingerprint density at radius 2 is 1.69 bits per heavy atom. The van der Waals surface area contributed by atoms with Crippen LogP contribution >= 0.6 is 0 Å². The molecule has 0 amide bonds. The summed E-state index contributed by atoms with van der Waals surface area (Å²) in [6.07, 6.45) is 0. The van der Waals surface area contributed by atoms with Gasteiger partial charge in [-0.15, -0.1) is 0 Å². The third-order valence-electron chi connectivity index (χ3n) is 3.71. The summed E-state index contributed by atoms with van der Waals surface area (Å²) in [7, 11) is 0. The molecule has 0 aromatic heterocycles. The van der Waals surface area contributed by atoms with Crippen molar-refractivity contribution in [3.05, 3.63) is 35.4 Å². The third kappa shape index (κ3) is 10.2. The lowest BCUT2D eigenvalue weighted by molar-refractivity contribution is 0.0160. The largest absolute Gasteiger partial charge is 0.478 e. The molecule has 0 radical (unpaired) electrons. The fraction of sp³-hybridized carbons (Fsp3) is 0.550. The average Bonchev–Trinajstić information content (AvgIpc) is 2.66. The Bertz CT molecular complexity index is 575. The molecular weight excluding hydrogens is 334 g/mol. The molecule has 0 bridgehead atoms. The van der Waals surface area contributed by atoms with Crippen molar-refractivity contribution in [2.24, 2.45) is 0 Å². The van der Waals surface area contributed by atoms with E-state index >= 15 is 0 Å². The Balaban J connectivity index is 2.00. The Hall–Kier alpha value is -1.91. The molecular formula is C20H29NO5. The highest BCUT2D eigenvalue weighted by Gasteiger charge is 2.01. The lowest BCUT2D eigenvalue weighted by Gasteiger charge is -2.17. The molecule has 144 valence electrons. The van der Waals surface area contributed by atoms with Gasteiger partial charge in [0.15, 0.2) is 0 Å². The fourth-order valence-corrected chi connectivity index (χ4v) is 2.16. The number of carboxylic acid groups (broad SMARTS) is 1. The highest BCUT2D eigenvalue weighted by molar-refractivity contribution is 5.87. The van der Waals surface area contributed by atoms with E-state index in [2.05, 4.69) is 30.6 Å². The van der Waals surface area contributed by atoms with Gasteiger partial charge in [-0.05, 0) is 31.3 Å². The number of rotatable bonds is 13. The number of carboxylic acids is 1. The molecule has 0 aliphatic carbocycles. The van der Waals surface area contributed by atoms with Gasteiger partial charge in [-0.2, -0.15) is 0 Å². The second-order valence-corrected chi connectivity index (χ2v) is 5.49. The normalized spacial score (nSPS) is 10.6. The van der Waals surface area contributed by atoms with Crippen LogP contribution in [0, 0.1) is 11.8 Å². The van der Waals surface area contributed by atoms with Crippen LogP contribution in [0.15, 0.2) is 24.3 Å². The van der Waals surface area contributed by atoms with Gasteiger partial charge in [-0.3, -0.25) is 0 Å². The number of hydrogen-bond acceptors (Lipinski definition) is 5. The lowest BCUT2D eigenvalue weighted by Crippen LogP contribution is -2.27. The van der Waals surface area contributed by atoms with Crippen LogP contribution in [0.25, 0.3) is 0 Å². The fourth-order valence-electron chi connectivity index (χ4n) is 2.16. The summed E-state index contributed by atoms with van der Waals surface area (Å²) < 4.78 is 16.3. The van der Waals surface area contributed by atoms with Crippen molar-refractivity contribution in [3.63, 3.8) is 0 Å². The van der Waals surface area contributed by atoms with Gasteiger partial charge < -0.3 is 24.2 Å². The zero-order valence-electron chi connectivity index (χ0n) is 15.7. The predicted molar refractivity (Wildman–Crippen MR) is 101 cm³/mol. The number of hydrogen-bond donors (Lipinski definition) is 1. The van der Waals surface area contributed by atoms with Gasteiger partial charge in [-0.1, -0.05) is 31.8 Å². The minimum atomic E-state index is -0.959. The number of nitrogens with zero attached hydrogens (tertiary/aromatic N) is 1. The van der Waals surface area contributed by atoms with Crippen LogP contribution in [-0.4, -0.2) is 75.3 Å². The van der Waals surface area contributed by atoms with Gasteiger partial charge in [0.1, 0.15) is 6.61 Å². The molecule has 0 heterocycles. The summed E-state index contributed by atoms with van der Waals surface area (Å²) in [5.41, 5.74) is 0.886. The molecule has 0 saturated carbocycles. The average molecular weight is 363 g/mol. The minimum Gasteiger partial charge on any atom is -0.478 e. The SMILES string of the molecule is CCN(CC)CCOCCOCCOCC#Cc1cccc(C(=O)O)c1. The highest BCUT2D eigenvalue weighted by atomic mass is 16.5. The Morgan fingerprint density at radius 1 is 1.04 bits per heavy atom. The van der Waals surface area contributed by atoms with Crippen molar-refractivity contribution < 1.29 is 24.1 Å². The van der Waals surface area contributed by atoms with Crippen LogP contribution in [0.4, 0.5) is 0 Å². The van der Waals surface area contributed by atoms with Crippen molar-refractivity contribution in [2.75, 3.05) is 59.3 Å². The highest BCUT2D eigenvalue weighted by Crippen LogP contribution is 2.03. The molecule has 1 aromatic rings. The lowest BCUT2D eigenvalue weighted by atomic mass is 10.1. The maximum Gasteiger partial charge on any atom is 0.335 e. The van der Waals surface area contributed by atoms with Gasteiger partial charge in [0.25, 0.3) is 0 Å². The Kier molecular flexibility index (Phi) is 12.2. The second-order valence-electron chi connectivity index (χ2n) is 5.49. The van der Waals surface area contributed by atoms with Crippen LogP contribution in [0.5, 0.6) is 0 Å². The first kappa shape index (κ1) is 22.1. The van der Waals surface area contributed by atoms with Crippen molar-refractivity contribution >= 4 is 5.97 Å². The van der Waals surface area contributed by atoms with E-state index in [1.165, 1.54) is 6.07 Å². The van der Waals surface area contributed by atoms with E-state index in [9.17, 15) is 4.79 Å². The second kappa shape index (κ2) is 14.3. The quantitative estimate of drug-likeness (QED) is 0.428. The zero-order valence-corrected chi connectivity index (χ0v) is 15.7. The maximum atomic E-state index is 10.9. The summed E-state index contributed by atoms with van der Waals surface area (Å²) in [6, 6.07) is 6.52. The van der Waals surface area contributed by atoms with E-state index in [1.54, 1.807) is 18.2 Å². The monoisotopic (exact) mass is 363 g/mol. The van der Waals surface area contributed by atoms with Gasteiger partial charge >= 0.3 is 5.97 Å². The van der Waals surface area contributed by atoms with Crippen LogP contribution in [-0.2, 0) is 14.2 Å². The van der Waals surface area contributed by atoms with E-state index < -0.39 is 5.97 Å². The molecule has 0 atom stereocenters. The number of ether oxygens (including phenoxy) is 3. The number of carbonyl (C=O) groups is 1. The molecule has 0 aliphatic heterocycles. The smallest absolute Gasteiger partial charge is 0.335 e. The van der Waals surface area contributed by atoms with E-state index in [-0.39, 0.29) is 12.2 Å². The van der Waals surface area contributed by atoms with Crippen molar-refractivity contribution in [1.82, 2.24) is 4.90 Å². The van der Waals surface area contributed by atoms with Gasteiger partial charge in [0, 0.05) is 12.1 Å². The van der Waals surface area contributed by atoms with E-state index in [0.717, 1.165) is 26.2 Å². The molecule has 0 spiro atoms. The molecule has 6 nitrogen and oxygen atoms in total. The maximum absolute atomic E-state index is 10.9. The Labute approximate surface area is 156 Å². The van der Waals surface area contributed by atoms with Gasteiger partial charge in [-0.25, -0.2) is 4.79 Å². The number of benzene rings is 1. The first-order valence-corrected chi connectivity index (χ1v) is 8.95. The third-order valence-corrected chi connectivity index (χ3v) is 3.71. The minimum absolute atomic E-state index is 0.227. The van der Waals surface area contributed by atoms with Crippen molar-refractivity contribution in [1.29, 1.82) is 0 Å². The molecule has 26 heavy (non-hydrogen) atoms. The van der Waals surface area contributed by atoms with Crippen LogP contribution < -0.4 is 0 Å². The summed E-state index contributed by atoms with van der Waals surface area (Å²) in [5.74, 6) is 4.78.